The van der Waals surface area contributed by atoms with E-state index >= 15 is 0 Å². The largest absolute Gasteiger partial charge is 0.393 e. The average molecular weight is 427 g/mol. The maximum absolute atomic E-state index is 10.9. The van der Waals surface area contributed by atoms with Crippen molar-refractivity contribution in [3.63, 3.8) is 0 Å². The van der Waals surface area contributed by atoms with E-state index in [1.54, 1.807) is 5.57 Å². The smallest absolute Gasteiger partial charge is 0.0594 e. The summed E-state index contributed by atoms with van der Waals surface area (Å²) < 4.78 is 0. The minimum atomic E-state index is -0.116. The van der Waals surface area contributed by atoms with Crippen LogP contribution < -0.4 is 0 Å². The molecule has 5 rings (SSSR count). The molecule has 0 bridgehead atoms. The van der Waals surface area contributed by atoms with Gasteiger partial charge in [-0.05, 0) is 121 Å². The van der Waals surface area contributed by atoms with Gasteiger partial charge in [-0.3, -0.25) is 0 Å². The third-order valence-corrected chi connectivity index (χ3v) is 13.5. The minimum absolute atomic E-state index is 0.0665. The van der Waals surface area contributed by atoms with Gasteiger partial charge < -0.3 is 5.11 Å². The predicted octanol–water partition coefficient (Wildman–Crippen LogP) is 8.02. The highest BCUT2D eigenvalue weighted by Crippen LogP contribution is 2.76. The van der Waals surface area contributed by atoms with E-state index in [1.807, 2.05) is 0 Å². The molecule has 5 aliphatic carbocycles. The van der Waals surface area contributed by atoms with E-state index in [4.69, 9.17) is 0 Å². The Hall–Kier alpha value is -0.300. The Bertz CT molecular complexity index is 779. The van der Waals surface area contributed by atoms with Crippen molar-refractivity contribution in [3.8, 4) is 0 Å². The summed E-state index contributed by atoms with van der Waals surface area (Å²) >= 11 is 0. The van der Waals surface area contributed by atoms with Gasteiger partial charge in [0.15, 0.2) is 0 Å². The van der Waals surface area contributed by atoms with Crippen molar-refractivity contribution in [2.24, 2.45) is 56.7 Å². The fraction of sp³-hybridized carbons (Fsp3) is 0.933. The molecule has 1 N–H and O–H groups in total. The summed E-state index contributed by atoms with van der Waals surface area (Å²) in [5, 5.41) is 10.9. The van der Waals surface area contributed by atoms with E-state index < -0.39 is 0 Å². The SMILES string of the molecule is CC1=CC[C@]2(C)CC[C@]3(C)[C@H](CCC4[C@@]5(C)CC[C@H](O)C(C)(C)C5CC[C@]43C)[C@H]2[C@@H]1C. The van der Waals surface area contributed by atoms with Gasteiger partial charge in [0.1, 0.15) is 0 Å². The summed E-state index contributed by atoms with van der Waals surface area (Å²) in [6.45, 7) is 20.5. The molecule has 1 heteroatoms. The highest BCUT2D eigenvalue weighted by Gasteiger charge is 2.69. The number of fused-ring (bicyclic) bond motifs is 7. The quantitative estimate of drug-likeness (QED) is 0.389. The van der Waals surface area contributed by atoms with Crippen LogP contribution in [0.2, 0.25) is 0 Å². The molecule has 10 atom stereocenters. The van der Waals surface area contributed by atoms with E-state index in [0.29, 0.717) is 27.6 Å². The van der Waals surface area contributed by atoms with Crippen molar-refractivity contribution in [2.45, 2.75) is 119 Å². The molecule has 5 aliphatic rings. The lowest BCUT2D eigenvalue weighted by atomic mass is 9.31. The van der Waals surface area contributed by atoms with Crippen LogP contribution in [0.25, 0.3) is 0 Å². The number of allylic oxidation sites excluding steroid dienone is 2. The van der Waals surface area contributed by atoms with E-state index in [0.717, 1.165) is 30.1 Å². The molecule has 0 spiro atoms. The zero-order chi connectivity index (χ0) is 22.6. The zero-order valence-corrected chi connectivity index (χ0v) is 21.9. The summed E-state index contributed by atoms with van der Waals surface area (Å²) in [5.41, 5.74) is 3.58. The first-order chi connectivity index (χ1) is 14.3. The van der Waals surface area contributed by atoms with Gasteiger partial charge >= 0.3 is 0 Å². The minimum Gasteiger partial charge on any atom is -0.393 e. The molecule has 0 saturated heterocycles. The standard InChI is InChI=1S/C30H50O/c1-19-11-14-27(5)17-18-29(7)21(25(27)20(19)2)9-10-23-28(6)15-13-24(31)26(3,4)22(28)12-16-30(23,29)8/h11,20-25,31H,9-10,12-18H2,1-8H3/t20-,21-,22?,23?,24+,25-,27-,28+,29-,30-/m1/s1. The van der Waals surface area contributed by atoms with Gasteiger partial charge in [-0.25, -0.2) is 0 Å². The molecule has 1 nitrogen and oxygen atoms in total. The Balaban J connectivity index is 1.55. The van der Waals surface area contributed by atoms with E-state index in [1.165, 1.54) is 51.4 Å². The predicted molar refractivity (Wildman–Crippen MR) is 131 cm³/mol. The van der Waals surface area contributed by atoms with Crippen LogP contribution in [0.1, 0.15) is 113 Å². The lowest BCUT2D eigenvalue weighted by molar-refractivity contribution is -0.250. The van der Waals surface area contributed by atoms with Crippen molar-refractivity contribution in [1.82, 2.24) is 0 Å². The Morgan fingerprint density at radius 1 is 0.806 bits per heavy atom. The molecule has 2 unspecified atom stereocenters. The molecule has 0 aromatic heterocycles. The molecule has 0 amide bonds. The van der Waals surface area contributed by atoms with Crippen molar-refractivity contribution in [1.29, 1.82) is 0 Å². The van der Waals surface area contributed by atoms with Gasteiger partial charge in [0.05, 0.1) is 6.10 Å². The third-order valence-electron chi connectivity index (χ3n) is 13.5. The van der Waals surface area contributed by atoms with Crippen molar-refractivity contribution < 1.29 is 5.11 Å². The lowest BCUT2D eigenvalue weighted by Gasteiger charge is -2.73. The van der Waals surface area contributed by atoms with Gasteiger partial charge in [0, 0.05) is 0 Å². The van der Waals surface area contributed by atoms with Crippen LogP contribution >= 0.6 is 0 Å². The topological polar surface area (TPSA) is 20.2 Å². The number of hydrogen-bond acceptors (Lipinski definition) is 1. The van der Waals surface area contributed by atoms with Crippen LogP contribution in [0.15, 0.2) is 11.6 Å². The first-order valence-electron chi connectivity index (χ1n) is 13.7. The Kier molecular flexibility index (Phi) is 4.82. The highest BCUT2D eigenvalue weighted by atomic mass is 16.3. The molecule has 4 saturated carbocycles. The molecule has 0 radical (unpaired) electrons. The summed E-state index contributed by atoms with van der Waals surface area (Å²) in [5.74, 6) is 4.00. The van der Waals surface area contributed by atoms with Gasteiger partial charge in [-0.15, -0.1) is 0 Å². The van der Waals surface area contributed by atoms with Gasteiger partial charge in [0.25, 0.3) is 0 Å². The Morgan fingerprint density at radius 2 is 1.52 bits per heavy atom. The van der Waals surface area contributed by atoms with E-state index in [-0.39, 0.29) is 11.5 Å². The molecule has 31 heavy (non-hydrogen) atoms. The van der Waals surface area contributed by atoms with Crippen molar-refractivity contribution >= 4 is 0 Å². The third kappa shape index (κ3) is 2.65. The Morgan fingerprint density at radius 3 is 2.23 bits per heavy atom. The van der Waals surface area contributed by atoms with Gasteiger partial charge in [-0.2, -0.15) is 0 Å². The Labute approximate surface area is 192 Å². The van der Waals surface area contributed by atoms with Crippen molar-refractivity contribution in [3.05, 3.63) is 11.6 Å². The monoisotopic (exact) mass is 426 g/mol. The van der Waals surface area contributed by atoms with Crippen LogP contribution in [0.5, 0.6) is 0 Å². The summed E-state index contributed by atoms with van der Waals surface area (Å²) in [6, 6.07) is 0. The lowest BCUT2D eigenvalue weighted by Crippen LogP contribution is -2.67. The molecule has 0 aromatic rings. The zero-order valence-electron chi connectivity index (χ0n) is 21.9. The van der Waals surface area contributed by atoms with Gasteiger partial charge in [-0.1, -0.05) is 60.1 Å². The van der Waals surface area contributed by atoms with E-state index in [2.05, 4.69) is 61.5 Å². The molecular formula is C30H50O. The molecule has 0 aliphatic heterocycles. The first-order valence-corrected chi connectivity index (χ1v) is 13.7. The molecule has 4 fully saturated rings. The second-order valence-electron chi connectivity index (χ2n) is 14.7. The van der Waals surface area contributed by atoms with Crippen LogP contribution in [0.3, 0.4) is 0 Å². The summed E-state index contributed by atoms with van der Waals surface area (Å²) in [4.78, 5) is 0. The van der Waals surface area contributed by atoms with Gasteiger partial charge in [0.2, 0.25) is 0 Å². The van der Waals surface area contributed by atoms with Crippen LogP contribution in [0, 0.1) is 56.7 Å². The summed E-state index contributed by atoms with van der Waals surface area (Å²) in [6.07, 6.45) is 14.5. The number of aliphatic hydroxyl groups excluding tert-OH is 1. The van der Waals surface area contributed by atoms with Crippen LogP contribution in [-0.2, 0) is 0 Å². The second-order valence-corrected chi connectivity index (χ2v) is 14.7. The molecule has 176 valence electrons. The van der Waals surface area contributed by atoms with Crippen LogP contribution in [0.4, 0.5) is 0 Å². The second kappa shape index (κ2) is 6.64. The number of rotatable bonds is 0. The highest BCUT2D eigenvalue weighted by molar-refractivity contribution is 5.22. The van der Waals surface area contributed by atoms with E-state index in [9.17, 15) is 5.11 Å². The maximum atomic E-state index is 10.9. The fourth-order valence-electron chi connectivity index (χ4n) is 11.3. The average Bonchev–Trinajstić information content (AvgIpc) is 2.69. The number of hydrogen-bond donors (Lipinski definition) is 1. The van der Waals surface area contributed by atoms with Crippen LogP contribution in [-0.4, -0.2) is 11.2 Å². The molecular weight excluding hydrogens is 376 g/mol. The first kappa shape index (κ1) is 22.5. The molecule has 0 heterocycles. The summed E-state index contributed by atoms with van der Waals surface area (Å²) in [7, 11) is 0. The number of aliphatic hydroxyl groups is 1. The molecule has 0 aromatic carbocycles. The fourth-order valence-corrected chi connectivity index (χ4v) is 11.3. The van der Waals surface area contributed by atoms with Crippen molar-refractivity contribution in [2.75, 3.05) is 0 Å². The normalized spacial score (nSPS) is 58.3. The maximum Gasteiger partial charge on any atom is 0.0594 e.